The molecule has 0 atom stereocenters. The Labute approximate surface area is 125 Å². The molecule has 1 aromatic rings. The molecule has 2 heterocycles. The minimum Gasteiger partial charge on any atom is -0.450 e. The predicted octanol–water partition coefficient (Wildman–Crippen LogP) is 1.10. The first-order valence-electron chi connectivity index (χ1n) is 5.91. The Hall–Kier alpha value is -2.26. The van der Waals surface area contributed by atoms with Crippen LogP contribution in [0.5, 0.6) is 0 Å². The van der Waals surface area contributed by atoms with Crippen molar-refractivity contribution in [2.24, 2.45) is 5.73 Å². The Morgan fingerprint density at radius 2 is 2.05 bits per heavy atom. The summed E-state index contributed by atoms with van der Waals surface area (Å²) < 4.78 is 5.27. The van der Waals surface area contributed by atoms with Gasteiger partial charge in [0.2, 0.25) is 0 Å². The zero-order valence-corrected chi connectivity index (χ0v) is 11.8. The molecule has 6 N–H and O–H groups in total. The first kappa shape index (κ1) is 16.8. The van der Waals surface area contributed by atoms with E-state index < -0.39 is 6.16 Å². The van der Waals surface area contributed by atoms with Gasteiger partial charge in [0.05, 0.1) is 30.1 Å². The van der Waals surface area contributed by atoms with Crippen LogP contribution in [-0.2, 0) is 4.74 Å². The van der Waals surface area contributed by atoms with Crippen LogP contribution >= 0.6 is 11.6 Å². The quantitative estimate of drug-likeness (QED) is 0.402. The van der Waals surface area contributed by atoms with Crippen molar-refractivity contribution in [3.8, 4) is 0 Å². The van der Waals surface area contributed by atoms with Crippen molar-refractivity contribution < 1.29 is 19.7 Å². The topological polar surface area (TPSA) is 145 Å². The molecule has 9 nitrogen and oxygen atoms in total. The Morgan fingerprint density at radius 3 is 2.52 bits per heavy atom. The summed E-state index contributed by atoms with van der Waals surface area (Å²) in [6.45, 7) is 2.94. The highest BCUT2D eigenvalue weighted by Gasteiger charge is 2.15. The van der Waals surface area contributed by atoms with Crippen LogP contribution < -0.4 is 16.0 Å². The molecule has 1 aromatic heterocycles. The van der Waals surface area contributed by atoms with E-state index in [-0.39, 0.29) is 5.96 Å². The number of aromatic nitrogens is 1. The second-order valence-electron chi connectivity index (χ2n) is 3.95. The maximum Gasteiger partial charge on any atom is 0.503 e. The number of hydrogen-bond acceptors (Lipinski definition) is 5. The summed E-state index contributed by atoms with van der Waals surface area (Å²) >= 11 is 6.15. The van der Waals surface area contributed by atoms with Crippen LogP contribution in [0.2, 0.25) is 5.02 Å². The third-order valence-electron chi connectivity index (χ3n) is 2.41. The van der Waals surface area contributed by atoms with Gasteiger partial charge in [-0.05, 0) is 6.07 Å². The van der Waals surface area contributed by atoms with Gasteiger partial charge < -0.3 is 30.9 Å². The van der Waals surface area contributed by atoms with E-state index >= 15 is 0 Å². The molecule has 1 fully saturated rings. The fraction of sp³-hybridized carbons (Fsp3) is 0.364. The second kappa shape index (κ2) is 8.12. The normalized spacial score (nSPS) is 13.9. The number of nitrogens with zero attached hydrogens (tertiary/aromatic N) is 2. The first-order valence-corrected chi connectivity index (χ1v) is 6.29. The van der Waals surface area contributed by atoms with Crippen LogP contribution in [-0.4, -0.2) is 53.6 Å². The Morgan fingerprint density at radius 1 is 1.48 bits per heavy atom. The summed E-state index contributed by atoms with van der Waals surface area (Å²) in [5.74, 6) is 0.603. The van der Waals surface area contributed by atoms with Crippen molar-refractivity contribution >= 4 is 35.2 Å². The lowest BCUT2D eigenvalue weighted by Crippen LogP contribution is -2.37. The van der Waals surface area contributed by atoms with E-state index in [1.807, 2.05) is 0 Å². The van der Waals surface area contributed by atoms with Crippen LogP contribution in [0, 0.1) is 5.41 Å². The monoisotopic (exact) mass is 317 g/mol. The van der Waals surface area contributed by atoms with Gasteiger partial charge in [-0.3, -0.25) is 5.41 Å². The minimum absolute atomic E-state index is 0.137. The molecule has 21 heavy (non-hydrogen) atoms. The van der Waals surface area contributed by atoms with Crippen LogP contribution in [0.4, 0.5) is 16.3 Å². The van der Waals surface area contributed by atoms with Gasteiger partial charge in [0.15, 0.2) is 5.96 Å². The number of carboxylic acid groups (broad SMARTS) is 2. The number of rotatable bonds is 2. The van der Waals surface area contributed by atoms with Crippen molar-refractivity contribution in [2.75, 3.05) is 36.5 Å². The number of nitrogens with one attached hydrogen (secondary N) is 2. The largest absolute Gasteiger partial charge is 0.503 e. The molecule has 2 rings (SSSR count). The van der Waals surface area contributed by atoms with Gasteiger partial charge >= 0.3 is 6.16 Å². The number of ether oxygens (including phenoxy) is 1. The van der Waals surface area contributed by atoms with Gasteiger partial charge in [-0.2, -0.15) is 0 Å². The van der Waals surface area contributed by atoms with Gasteiger partial charge in [-0.1, -0.05) is 11.6 Å². The third kappa shape index (κ3) is 6.15. The molecule has 0 aromatic carbocycles. The van der Waals surface area contributed by atoms with Gasteiger partial charge in [0.1, 0.15) is 5.82 Å². The molecular formula is C11H16ClN5O4. The number of carbonyl (C=O) groups is 1. The number of halogens is 1. The maximum absolute atomic E-state index is 8.56. The second-order valence-corrected chi connectivity index (χ2v) is 4.36. The lowest BCUT2D eigenvalue weighted by atomic mass is 10.3. The van der Waals surface area contributed by atoms with Crippen molar-refractivity contribution in [3.05, 3.63) is 17.3 Å². The number of morpholine rings is 1. The molecule has 0 spiro atoms. The molecule has 0 radical (unpaired) electrons. The smallest absolute Gasteiger partial charge is 0.450 e. The number of anilines is 2. The van der Waals surface area contributed by atoms with E-state index in [0.29, 0.717) is 23.9 Å². The van der Waals surface area contributed by atoms with Gasteiger partial charge in [-0.15, -0.1) is 0 Å². The maximum atomic E-state index is 8.56. The van der Waals surface area contributed by atoms with E-state index in [2.05, 4.69) is 15.2 Å². The highest BCUT2D eigenvalue weighted by atomic mass is 35.5. The summed E-state index contributed by atoms with van der Waals surface area (Å²) in [5, 5.41) is 24.3. The van der Waals surface area contributed by atoms with Gasteiger partial charge in [0.25, 0.3) is 0 Å². The van der Waals surface area contributed by atoms with Crippen LogP contribution in [0.1, 0.15) is 0 Å². The Balaban J connectivity index is 0.000000491. The van der Waals surface area contributed by atoms with Gasteiger partial charge in [0, 0.05) is 13.1 Å². The van der Waals surface area contributed by atoms with E-state index in [4.69, 9.17) is 42.5 Å². The molecule has 0 saturated carbocycles. The van der Waals surface area contributed by atoms with Crippen molar-refractivity contribution in [1.82, 2.24) is 4.98 Å². The molecule has 0 unspecified atom stereocenters. The standard InChI is InChI=1S/C10H14ClN5O.CH2O3/c11-8-5-7(15-10(12)13)6-14-9(8)16-1-3-17-4-2-16;2-1(3)4/h5-6H,1-4H2,(H4,12,13,15);(H2,2,3,4). The van der Waals surface area contributed by atoms with E-state index in [1.54, 1.807) is 12.3 Å². The molecule has 1 aliphatic heterocycles. The number of guanidine groups is 1. The van der Waals surface area contributed by atoms with E-state index in [1.165, 1.54) is 0 Å². The average molecular weight is 318 g/mol. The Kier molecular flexibility index (Phi) is 6.50. The lowest BCUT2D eigenvalue weighted by Gasteiger charge is -2.28. The molecule has 0 aliphatic carbocycles. The molecular weight excluding hydrogens is 302 g/mol. The first-order chi connectivity index (χ1) is 9.90. The highest BCUT2D eigenvalue weighted by Crippen LogP contribution is 2.26. The van der Waals surface area contributed by atoms with Crippen molar-refractivity contribution in [2.45, 2.75) is 0 Å². The van der Waals surface area contributed by atoms with Crippen LogP contribution in [0.15, 0.2) is 12.3 Å². The zero-order valence-electron chi connectivity index (χ0n) is 11.0. The SMILES string of the molecule is N=C(N)Nc1cnc(N2CCOCC2)c(Cl)c1.O=C(O)O. The molecule has 1 saturated heterocycles. The zero-order chi connectivity index (χ0) is 15.8. The summed E-state index contributed by atoms with van der Waals surface area (Å²) in [6.07, 6.45) is -0.224. The molecule has 1 aliphatic rings. The average Bonchev–Trinajstić information content (AvgIpc) is 2.38. The number of hydrogen-bond donors (Lipinski definition) is 5. The predicted molar refractivity (Wildman–Crippen MR) is 78.5 cm³/mol. The number of nitrogens with two attached hydrogens (primary N) is 1. The van der Waals surface area contributed by atoms with Crippen molar-refractivity contribution in [1.29, 1.82) is 5.41 Å². The molecule has 10 heteroatoms. The van der Waals surface area contributed by atoms with Crippen molar-refractivity contribution in [3.63, 3.8) is 0 Å². The van der Waals surface area contributed by atoms with E-state index in [9.17, 15) is 0 Å². The van der Waals surface area contributed by atoms with Crippen LogP contribution in [0.3, 0.4) is 0 Å². The Bertz CT molecular complexity index is 503. The fourth-order valence-corrected chi connectivity index (χ4v) is 1.95. The number of pyridine rings is 1. The summed E-state index contributed by atoms with van der Waals surface area (Å²) in [6, 6.07) is 1.71. The summed E-state index contributed by atoms with van der Waals surface area (Å²) in [7, 11) is 0. The lowest BCUT2D eigenvalue weighted by molar-refractivity contribution is 0.122. The van der Waals surface area contributed by atoms with Gasteiger partial charge in [-0.25, -0.2) is 9.78 Å². The summed E-state index contributed by atoms with van der Waals surface area (Å²) in [4.78, 5) is 14.9. The molecule has 116 valence electrons. The highest BCUT2D eigenvalue weighted by molar-refractivity contribution is 6.33. The molecule has 0 amide bonds. The summed E-state index contributed by atoms with van der Waals surface area (Å²) in [5.41, 5.74) is 5.84. The fourth-order valence-electron chi connectivity index (χ4n) is 1.66. The van der Waals surface area contributed by atoms with E-state index in [0.717, 1.165) is 18.9 Å². The van der Waals surface area contributed by atoms with Crippen LogP contribution in [0.25, 0.3) is 0 Å². The third-order valence-corrected chi connectivity index (χ3v) is 2.69. The molecule has 0 bridgehead atoms. The minimum atomic E-state index is -1.83.